The van der Waals surface area contributed by atoms with Gasteiger partial charge in [-0.3, -0.25) is 10.1 Å². The maximum Gasteiger partial charge on any atom is 0.341 e. The molecule has 4 rings (SSSR count). The first-order valence-corrected chi connectivity index (χ1v) is 11.0. The fourth-order valence-corrected chi connectivity index (χ4v) is 3.83. The van der Waals surface area contributed by atoms with E-state index < -0.39 is 18.0 Å². The van der Waals surface area contributed by atoms with Crippen LogP contribution in [-0.2, 0) is 9.53 Å². The van der Waals surface area contributed by atoms with Crippen molar-refractivity contribution >= 4 is 39.4 Å². The quantitative estimate of drug-likeness (QED) is 0.379. The number of carbonyl (C=O) groups excluding carboxylic acids is 2. The van der Waals surface area contributed by atoms with Crippen LogP contribution in [0.15, 0.2) is 58.7 Å². The molecule has 4 aromatic rings. The Hall–Kier alpha value is -3.72. The van der Waals surface area contributed by atoms with Crippen LogP contribution in [0.4, 0.5) is 5.13 Å². The first-order chi connectivity index (χ1) is 15.6. The van der Waals surface area contributed by atoms with Gasteiger partial charge in [0, 0.05) is 10.9 Å². The second-order valence-electron chi connectivity index (χ2n) is 6.79. The predicted molar refractivity (Wildman–Crippen MR) is 121 cm³/mol. The van der Waals surface area contributed by atoms with Crippen molar-refractivity contribution in [3.63, 3.8) is 0 Å². The normalized spacial score (nSPS) is 11.8. The van der Waals surface area contributed by atoms with E-state index in [1.165, 1.54) is 17.7 Å². The van der Waals surface area contributed by atoms with Gasteiger partial charge in [0.15, 0.2) is 23.2 Å². The summed E-state index contributed by atoms with van der Waals surface area (Å²) in [5, 5.41) is 5.01. The zero-order valence-electron chi connectivity index (χ0n) is 17.5. The van der Waals surface area contributed by atoms with Gasteiger partial charge in [0.2, 0.25) is 0 Å². The summed E-state index contributed by atoms with van der Waals surface area (Å²) >= 11 is 1.30. The number of amides is 1. The van der Waals surface area contributed by atoms with Crippen LogP contribution in [0.3, 0.4) is 0 Å². The fourth-order valence-electron chi connectivity index (χ4n) is 3.10. The standard InChI is InChI=1S/C23H21N3O5S/c1-3-18(31-22(28)16-6-5-7-19-20(16)24-13-30-19)21(27)26-23-25-17(12-32-23)14-8-10-15(11-9-14)29-4-2/h5-13,18H,3-4H2,1-2H3,(H,25,26,27). The number of oxazole rings is 1. The Bertz CT molecular complexity index is 1230. The highest BCUT2D eigenvalue weighted by Crippen LogP contribution is 2.27. The molecule has 1 N–H and O–H groups in total. The molecule has 2 heterocycles. The molecule has 0 aliphatic rings. The number of hydrogen-bond donors (Lipinski definition) is 1. The summed E-state index contributed by atoms with van der Waals surface area (Å²) in [7, 11) is 0. The minimum Gasteiger partial charge on any atom is -0.494 e. The van der Waals surface area contributed by atoms with Gasteiger partial charge >= 0.3 is 5.97 Å². The van der Waals surface area contributed by atoms with Crippen molar-refractivity contribution in [1.82, 2.24) is 9.97 Å². The van der Waals surface area contributed by atoms with Crippen LogP contribution >= 0.6 is 11.3 Å². The van der Waals surface area contributed by atoms with Gasteiger partial charge in [-0.25, -0.2) is 14.8 Å². The average Bonchev–Trinajstić information content (AvgIpc) is 3.47. The van der Waals surface area contributed by atoms with Gasteiger partial charge < -0.3 is 13.9 Å². The highest BCUT2D eigenvalue weighted by Gasteiger charge is 2.24. The van der Waals surface area contributed by atoms with Crippen molar-refractivity contribution in [3.8, 4) is 17.0 Å². The van der Waals surface area contributed by atoms with Gasteiger partial charge in [-0.2, -0.15) is 0 Å². The summed E-state index contributed by atoms with van der Waals surface area (Å²) in [4.78, 5) is 33.9. The lowest BCUT2D eigenvalue weighted by Gasteiger charge is -2.15. The van der Waals surface area contributed by atoms with E-state index in [9.17, 15) is 9.59 Å². The monoisotopic (exact) mass is 451 g/mol. The topological polar surface area (TPSA) is 104 Å². The van der Waals surface area contributed by atoms with Crippen molar-refractivity contribution in [2.45, 2.75) is 26.4 Å². The Kier molecular flexibility index (Phi) is 6.46. The molecule has 2 aromatic heterocycles. The highest BCUT2D eigenvalue weighted by atomic mass is 32.1. The number of rotatable bonds is 8. The zero-order valence-corrected chi connectivity index (χ0v) is 18.3. The smallest absolute Gasteiger partial charge is 0.341 e. The summed E-state index contributed by atoms with van der Waals surface area (Å²) in [6, 6.07) is 12.5. The van der Waals surface area contributed by atoms with Gasteiger partial charge in [-0.05, 0) is 49.7 Å². The van der Waals surface area contributed by atoms with E-state index in [0.29, 0.717) is 29.3 Å². The van der Waals surface area contributed by atoms with Gasteiger partial charge in [0.25, 0.3) is 5.91 Å². The third kappa shape index (κ3) is 4.62. The summed E-state index contributed by atoms with van der Waals surface area (Å²) in [5.74, 6) is -0.296. The van der Waals surface area contributed by atoms with E-state index in [1.54, 1.807) is 25.1 Å². The van der Waals surface area contributed by atoms with Crippen LogP contribution in [-0.4, -0.2) is 34.6 Å². The van der Waals surface area contributed by atoms with Crippen LogP contribution in [0.1, 0.15) is 30.6 Å². The van der Waals surface area contributed by atoms with Crippen molar-refractivity contribution < 1.29 is 23.5 Å². The molecule has 0 radical (unpaired) electrons. The molecule has 1 atom stereocenters. The summed E-state index contributed by atoms with van der Waals surface area (Å²) < 4.78 is 16.1. The average molecular weight is 452 g/mol. The summed E-state index contributed by atoms with van der Waals surface area (Å²) in [6.45, 7) is 4.30. The Morgan fingerprint density at radius 3 is 2.72 bits per heavy atom. The third-order valence-corrected chi connectivity index (χ3v) is 5.45. The SMILES string of the molecule is CCOc1ccc(-c2csc(NC(=O)C(CC)OC(=O)c3cccc4ocnc34)n2)cc1. The Balaban J connectivity index is 1.42. The molecule has 0 saturated carbocycles. The maximum atomic E-state index is 12.7. The molecular formula is C23H21N3O5S. The molecular weight excluding hydrogens is 430 g/mol. The van der Waals surface area contributed by atoms with E-state index in [-0.39, 0.29) is 5.56 Å². The fraction of sp³-hybridized carbons (Fsp3) is 0.217. The van der Waals surface area contributed by atoms with Crippen LogP contribution in [0.25, 0.3) is 22.4 Å². The molecule has 0 aliphatic heterocycles. The van der Waals surface area contributed by atoms with Crippen LogP contribution in [0.2, 0.25) is 0 Å². The van der Waals surface area contributed by atoms with Gasteiger partial charge in [-0.1, -0.05) is 13.0 Å². The van der Waals surface area contributed by atoms with Crippen molar-refractivity contribution in [2.24, 2.45) is 0 Å². The number of nitrogens with one attached hydrogen (secondary N) is 1. The number of esters is 1. The molecule has 0 fully saturated rings. The molecule has 164 valence electrons. The van der Waals surface area contributed by atoms with E-state index >= 15 is 0 Å². The van der Waals surface area contributed by atoms with Crippen LogP contribution in [0, 0.1) is 0 Å². The minimum absolute atomic E-state index is 0.245. The first-order valence-electron chi connectivity index (χ1n) is 10.1. The van der Waals surface area contributed by atoms with Crippen molar-refractivity contribution in [2.75, 3.05) is 11.9 Å². The zero-order chi connectivity index (χ0) is 22.5. The molecule has 8 nitrogen and oxygen atoms in total. The summed E-state index contributed by atoms with van der Waals surface area (Å²) in [6.07, 6.45) is 0.599. The van der Waals surface area contributed by atoms with Crippen molar-refractivity contribution in [1.29, 1.82) is 0 Å². The lowest BCUT2D eigenvalue weighted by molar-refractivity contribution is -0.124. The molecule has 0 bridgehead atoms. The van der Waals surface area contributed by atoms with Gasteiger partial charge in [0.1, 0.15) is 11.3 Å². The van der Waals surface area contributed by atoms with E-state index in [4.69, 9.17) is 13.9 Å². The molecule has 1 amide bonds. The number of benzene rings is 2. The molecule has 9 heteroatoms. The lowest BCUT2D eigenvalue weighted by Crippen LogP contribution is -2.32. The number of nitrogens with zero attached hydrogens (tertiary/aromatic N) is 2. The summed E-state index contributed by atoms with van der Waals surface area (Å²) in [5.41, 5.74) is 2.75. The minimum atomic E-state index is -0.970. The van der Waals surface area contributed by atoms with Crippen LogP contribution < -0.4 is 10.1 Å². The molecule has 0 spiro atoms. The van der Waals surface area contributed by atoms with E-state index in [1.807, 2.05) is 36.6 Å². The Morgan fingerprint density at radius 2 is 1.97 bits per heavy atom. The van der Waals surface area contributed by atoms with Gasteiger partial charge in [-0.15, -0.1) is 11.3 Å². The Morgan fingerprint density at radius 1 is 1.16 bits per heavy atom. The van der Waals surface area contributed by atoms with E-state index in [2.05, 4.69) is 15.3 Å². The second kappa shape index (κ2) is 9.61. The number of fused-ring (bicyclic) bond motifs is 1. The molecule has 0 aliphatic carbocycles. The molecule has 32 heavy (non-hydrogen) atoms. The number of hydrogen-bond acceptors (Lipinski definition) is 8. The first kappa shape index (κ1) is 21.5. The van der Waals surface area contributed by atoms with Crippen LogP contribution in [0.5, 0.6) is 5.75 Å². The second-order valence-corrected chi connectivity index (χ2v) is 7.65. The predicted octanol–water partition coefficient (Wildman–Crippen LogP) is 4.92. The number of carbonyl (C=O) groups is 2. The number of aromatic nitrogens is 2. The number of ether oxygens (including phenoxy) is 2. The number of para-hydroxylation sites is 1. The number of anilines is 1. The lowest BCUT2D eigenvalue weighted by atomic mass is 10.2. The molecule has 2 aromatic carbocycles. The largest absolute Gasteiger partial charge is 0.494 e. The van der Waals surface area contributed by atoms with E-state index in [0.717, 1.165) is 17.0 Å². The maximum absolute atomic E-state index is 12.7. The van der Waals surface area contributed by atoms with Crippen molar-refractivity contribution in [3.05, 3.63) is 59.8 Å². The molecule has 0 saturated heterocycles. The highest BCUT2D eigenvalue weighted by molar-refractivity contribution is 7.14. The molecule has 1 unspecified atom stereocenters. The third-order valence-electron chi connectivity index (χ3n) is 4.69. The number of thiazole rings is 1. The van der Waals surface area contributed by atoms with Gasteiger partial charge in [0.05, 0.1) is 17.9 Å². The Labute approximate surface area is 188 Å².